The van der Waals surface area contributed by atoms with Crippen LogP contribution in [0.1, 0.15) is 0 Å². The molecule has 1 fully saturated rings. The minimum Gasteiger partial charge on any atom is -0.394 e. The van der Waals surface area contributed by atoms with E-state index in [1.165, 1.54) is 0 Å². The molecule has 0 aliphatic carbocycles. The zero-order valence-electron chi connectivity index (χ0n) is 7.97. The zero-order valence-corrected chi connectivity index (χ0v) is 7.97. The lowest BCUT2D eigenvalue weighted by molar-refractivity contribution is -0.164. The summed E-state index contributed by atoms with van der Waals surface area (Å²) in [5.74, 6) is -0.878. The molecule has 7 heteroatoms. The van der Waals surface area contributed by atoms with E-state index in [4.69, 9.17) is 9.84 Å². The summed E-state index contributed by atoms with van der Waals surface area (Å²) in [6.45, 7) is -1.69. The summed E-state index contributed by atoms with van der Waals surface area (Å²) < 4.78 is 16.8. The van der Waals surface area contributed by atoms with Gasteiger partial charge in [-0.25, -0.2) is 4.39 Å². The number of aliphatic hydroxyl groups is 3. The average Bonchev–Trinajstić information content (AvgIpc) is 2.25. The highest BCUT2D eigenvalue weighted by atomic mass is 19.1. The van der Waals surface area contributed by atoms with Gasteiger partial charge in [-0.1, -0.05) is 0 Å². The Morgan fingerprint density at radius 2 is 2.13 bits per heavy atom. The molecule has 0 aromatic carbocycles. The van der Waals surface area contributed by atoms with Crippen molar-refractivity contribution in [3.8, 4) is 0 Å². The predicted molar refractivity (Wildman–Crippen MR) is 46.7 cm³/mol. The van der Waals surface area contributed by atoms with Crippen LogP contribution in [-0.2, 0) is 9.53 Å². The van der Waals surface area contributed by atoms with Crippen molar-refractivity contribution in [1.82, 2.24) is 5.32 Å². The number of hydrogen-bond acceptors (Lipinski definition) is 5. The minimum atomic E-state index is -1.30. The first-order valence-corrected chi connectivity index (χ1v) is 4.54. The van der Waals surface area contributed by atoms with E-state index in [9.17, 15) is 19.4 Å². The van der Waals surface area contributed by atoms with Gasteiger partial charge in [-0.3, -0.25) is 4.79 Å². The van der Waals surface area contributed by atoms with Gasteiger partial charge in [0.05, 0.1) is 19.3 Å². The predicted octanol–water partition coefficient (Wildman–Crippen LogP) is -2.45. The van der Waals surface area contributed by atoms with Crippen molar-refractivity contribution in [2.24, 2.45) is 0 Å². The smallest absolute Gasteiger partial charge is 0.251 e. The highest BCUT2D eigenvalue weighted by molar-refractivity contribution is 5.77. The lowest BCUT2D eigenvalue weighted by atomic mass is 9.98. The number of amides is 1. The monoisotopic (exact) mass is 223 g/mol. The van der Waals surface area contributed by atoms with Gasteiger partial charge >= 0.3 is 0 Å². The van der Waals surface area contributed by atoms with Gasteiger partial charge in [-0.2, -0.15) is 0 Å². The molecule has 88 valence electrons. The molecule has 4 atom stereocenters. The first-order chi connectivity index (χ1) is 7.10. The Morgan fingerprint density at radius 1 is 1.47 bits per heavy atom. The number of rotatable bonds is 3. The molecule has 0 bridgehead atoms. The van der Waals surface area contributed by atoms with Crippen LogP contribution in [-0.4, -0.2) is 65.5 Å². The van der Waals surface area contributed by atoms with Gasteiger partial charge in [0.2, 0.25) is 0 Å². The molecule has 1 aliphatic heterocycles. The fraction of sp³-hybridized carbons (Fsp3) is 0.875. The number of carbonyl (C=O) groups excluding carboxylic acids is 1. The van der Waals surface area contributed by atoms with Gasteiger partial charge in [-0.05, 0) is 0 Å². The number of ether oxygens (including phenoxy) is 1. The molecule has 4 N–H and O–H groups in total. The number of alkyl halides is 1. The van der Waals surface area contributed by atoms with Crippen LogP contribution in [0.2, 0.25) is 0 Å². The second kappa shape index (κ2) is 5.36. The van der Waals surface area contributed by atoms with Crippen LogP contribution in [0, 0.1) is 0 Å². The third-order valence-corrected chi connectivity index (χ3v) is 2.28. The minimum absolute atomic E-state index is 0.0742. The van der Waals surface area contributed by atoms with Crippen molar-refractivity contribution in [3.05, 3.63) is 0 Å². The SMILES string of the molecule is O=C(CF)N[C@H]1CO[C@H](CO)[C@@H](O)[C@@H]1O. The van der Waals surface area contributed by atoms with Crippen molar-refractivity contribution in [3.63, 3.8) is 0 Å². The molecular formula is C8H14FNO5. The van der Waals surface area contributed by atoms with Crippen LogP contribution in [0.4, 0.5) is 4.39 Å². The molecule has 6 nitrogen and oxygen atoms in total. The standard InChI is InChI=1S/C8H14FNO5/c9-1-6(12)10-4-3-15-5(2-11)8(14)7(4)13/h4-5,7-8,11,13-14H,1-3H2,(H,10,12)/t4-,5+,7+,8+/m0/s1. The molecule has 0 unspecified atom stereocenters. The first kappa shape index (κ1) is 12.3. The molecule has 0 radical (unpaired) electrons. The molecule has 1 aliphatic rings. The molecule has 1 rings (SSSR count). The number of nitrogens with one attached hydrogen (secondary N) is 1. The van der Waals surface area contributed by atoms with E-state index in [2.05, 4.69) is 5.32 Å². The van der Waals surface area contributed by atoms with Gasteiger partial charge in [-0.15, -0.1) is 0 Å². The second-order valence-electron chi connectivity index (χ2n) is 3.34. The molecule has 1 saturated heterocycles. The Labute approximate surface area is 85.7 Å². The summed E-state index contributed by atoms with van der Waals surface area (Å²) in [7, 11) is 0. The Hall–Kier alpha value is -0.760. The molecular weight excluding hydrogens is 209 g/mol. The van der Waals surface area contributed by atoms with Gasteiger partial charge in [0.15, 0.2) is 6.67 Å². The zero-order chi connectivity index (χ0) is 11.4. The van der Waals surface area contributed by atoms with Gasteiger partial charge in [0, 0.05) is 0 Å². The van der Waals surface area contributed by atoms with Crippen LogP contribution in [0.5, 0.6) is 0 Å². The Bertz CT molecular complexity index is 227. The fourth-order valence-corrected chi connectivity index (χ4v) is 1.42. The van der Waals surface area contributed by atoms with Gasteiger partial charge < -0.3 is 25.4 Å². The maximum absolute atomic E-state index is 11.9. The average molecular weight is 223 g/mol. The van der Waals surface area contributed by atoms with Crippen LogP contribution in [0.25, 0.3) is 0 Å². The van der Waals surface area contributed by atoms with E-state index in [1.807, 2.05) is 0 Å². The van der Waals surface area contributed by atoms with Crippen molar-refractivity contribution in [2.45, 2.75) is 24.4 Å². The third-order valence-electron chi connectivity index (χ3n) is 2.28. The third kappa shape index (κ3) is 2.85. The molecule has 0 aromatic rings. The van der Waals surface area contributed by atoms with E-state index in [1.54, 1.807) is 0 Å². The Balaban J connectivity index is 2.52. The summed E-state index contributed by atoms with van der Waals surface area (Å²) in [4.78, 5) is 10.7. The van der Waals surface area contributed by atoms with Crippen LogP contribution < -0.4 is 5.32 Å². The molecule has 0 aromatic heterocycles. The summed E-state index contributed by atoms with van der Waals surface area (Å²) in [5, 5.41) is 29.8. The maximum Gasteiger partial charge on any atom is 0.251 e. The highest BCUT2D eigenvalue weighted by Crippen LogP contribution is 2.15. The molecule has 15 heavy (non-hydrogen) atoms. The van der Waals surface area contributed by atoms with E-state index in [0.29, 0.717) is 0 Å². The summed E-state index contributed by atoms with van der Waals surface area (Å²) >= 11 is 0. The first-order valence-electron chi connectivity index (χ1n) is 4.54. The fourth-order valence-electron chi connectivity index (χ4n) is 1.42. The lowest BCUT2D eigenvalue weighted by Crippen LogP contribution is -2.60. The van der Waals surface area contributed by atoms with Crippen LogP contribution in [0.3, 0.4) is 0 Å². The van der Waals surface area contributed by atoms with Crippen LogP contribution in [0.15, 0.2) is 0 Å². The number of hydrogen-bond donors (Lipinski definition) is 4. The molecule has 1 heterocycles. The maximum atomic E-state index is 11.9. The van der Waals surface area contributed by atoms with Crippen molar-refractivity contribution in [1.29, 1.82) is 0 Å². The summed E-state index contributed by atoms with van der Waals surface area (Å²) in [6, 6.07) is -0.856. The lowest BCUT2D eigenvalue weighted by Gasteiger charge is -2.36. The second-order valence-corrected chi connectivity index (χ2v) is 3.34. The van der Waals surface area contributed by atoms with E-state index < -0.39 is 43.5 Å². The Kier molecular flexibility index (Phi) is 4.40. The van der Waals surface area contributed by atoms with E-state index >= 15 is 0 Å². The largest absolute Gasteiger partial charge is 0.394 e. The molecule has 0 saturated carbocycles. The normalized spacial score (nSPS) is 36.3. The number of carbonyl (C=O) groups is 1. The molecule has 0 spiro atoms. The molecule has 1 amide bonds. The Morgan fingerprint density at radius 3 is 2.67 bits per heavy atom. The summed E-state index contributed by atoms with van der Waals surface area (Å²) in [6.07, 6.45) is -3.45. The number of halogens is 1. The quantitative estimate of drug-likeness (QED) is 0.426. The van der Waals surface area contributed by atoms with Crippen molar-refractivity contribution in [2.75, 3.05) is 19.9 Å². The van der Waals surface area contributed by atoms with E-state index in [0.717, 1.165) is 0 Å². The topological polar surface area (TPSA) is 99.0 Å². The van der Waals surface area contributed by atoms with Gasteiger partial charge in [0.1, 0.15) is 18.3 Å². The highest BCUT2D eigenvalue weighted by Gasteiger charge is 2.38. The van der Waals surface area contributed by atoms with Gasteiger partial charge in [0.25, 0.3) is 5.91 Å². The van der Waals surface area contributed by atoms with Crippen molar-refractivity contribution < 1.29 is 29.2 Å². The van der Waals surface area contributed by atoms with Crippen molar-refractivity contribution >= 4 is 5.91 Å². The number of aliphatic hydroxyl groups excluding tert-OH is 3. The van der Waals surface area contributed by atoms with Crippen LogP contribution >= 0.6 is 0 Å². The summed E-state index contributed by atoms with van der Waals surface area (Å²) in [5.41, 5.74) is 0. The van der Waals surface area contributed by atoms with E-state index in [-0.39, 0.29) is 6.61 Å².